The lowest BCUT2D eigenvalue weighted by Crippen LogP contribution is -2.61. The number of imidazole rings is 2. The van der Waals surface area contributed by atoms with E-state index in [9.17, 15) is 48.2 Å². The zero-order chi connectivity index (χ0) is 52.4. The number of aryl methyl sites for hydroxylation is 1. The molecule has 392 valence electrons. The molecule has 72 heavy (non-hydrogen) atoms. The van der Waals surface area contributed by atoms with Crippen molar-refractivity contribution in [2.75, 3.05) is 19.8 Å². The van der Waals surface area contributed by atoms with Crippen molar-refractivity contribution in [1.29, 1.82) is 0 Å². The molecular weight excluding hydrogens is 960 g/mol. The number of nitrogens with one attached hydrogen (secondary N) is 4. The van der Waals surface area contributed by atoms with Gasteiger partial charge in [0.05, 0.1) is 30.9 Å². The number of hydrogen-bond donors (Lipinski definition) is 8. The molecule has 25 nitrogen and oxygen atoms in total. The van der Waals surface area contributed by atoms with Crippen LogP contribution in [-0.4, -0.2) is 141 Å². The van der Waals surface area contributed by atoms with Gasteiger partial charge < -0.3 is 60.9 Å². The number of phosphoric acid groups is 1. The van der Waals surface area contributed by atoms with Crippen molar-refractivity contribution in [3.05, 3.63) is 78.4 Å². The topological polar surface area (TPSA) is 346 Å². The normalized spacial score (nSPS) is 15.9. The van der Waals surface area contributed by atoms with Crippen LogP contribution in [0.2, 0.25) is 0 Å². The van der Waals surface area contributed by atoms with Crippen LogP contribution < -0.4 is 31.7 Å². The Balaban J connectivity index is 1.19. The summed E-state index contributed by atoms with van der Waals surface area (Å²) < 4.78 is 25.6. The minimum absolute atomic E-state index is 0.110. The Labute approximate surface area is 415 Å². The van der Waals surface area contributed by atoms with Crippen LogP contribution in [0.4, 0.5) is 0 Å². The van der Waals surface area contributed by atoms with E-state index in [1.807, 2.05) is 61.0 Å². The highest BCUT2D eigenvalue weighted by molar-refractivity contribution is 7.46. The number of aliphatic hydroxyl groups is 1. The minimum atomic E-state index is -5.13. The smallest absolute Gasteiger partial charge is 0.469 e. The van der Waals surface area contributed by atoms with E-state index in [-0.39, 0.29) is 31.3 Å². The Bertz CT molecular complexity index is 2520. The molecule has 1 aromatic carbocycles. The largest absolute Gasteiger partial charge is 0.487 e. The van der Waals surface area contributed by atoms with Crippen LogP contribution in [0.15, 0.2) is 66.6 Å². The van der Waals surface area contributed by atoms with E-state index in [0.717, 1.165) is 31.0 Å². The van der Waals surface area contributed by atoms with Gasteiger partial charge in [-0.25, -0.2) is 19.5 Å². The van der Waals surface area contributed by atoms with Crippen molar-refractivity contribution in [2.24, 2.45) is 16.8 Å². The van der Waals surface area contributed by atoms with Gasteiger partial charge in [0.15, 0.2) is 0 Å². The van der Waals surface area contributed by atoms with Crippen molar-refractivity contribution >= 4 is 55.3 Å². The van der Waals surface area contributed by atoms with E-state index >= 15 is 0 Å². The molecular formula is C46H65N12O13P. The summed E-state index contributed by atoms with van der Waals surface area (Å²) >= 11 is 0. The second-order valence-electron chi connectivity index (χ2n) is 17.7. The van der Waals surface area contributed by atoms with E-state index in [2.05, 4.69) is 45.9 Å². The maximum atomic E-state index is 14.1. The van der Waals surface area contributed by atoms with Crippen LogP contribution in [0.5, 0.6) is 5.75 Å². The number of ether oxygens (including phenoxy) is 1. The van der Waals surface area contributed by atoms with Crippen LogP contribution in [0.3, 0.4) is 0 Å². The van der Waals surface area contributed by atoms with Gasteiger partial charge in [0, 0.05) is 62.5 Å². The predicted octanol–water partition coefficient (Wildman–Crippen LogP) is 0.630. The number of fused-ring (bicyclic) bond motifs is 1. The molecule has 0 radical (unpaired) electrons. The van der Waals surface area contributed by atoms with Gasteiger partial charge in [0.2, 0.25) is 41.2 Å². The van der Waals surface area contributed by atoms with E-state index in [4.69, 9.17) is 15.3 Å². The lowest BCUT2D eigenvalue weighted by atomic mass is 10.0. The summed E-state index contributed by atoms with van der Waals surface area (Å²) in [5, 5.41) is 24.3. The quantitative estimate of drug-likeness (QED) is 0.0160. The lowest BCUT2D eigenvalue weighted by Gasteiger charge is -2.28. The van der Waals surface area contributed by atoms with E-state index < -0.39 is 80.3 Å². The standard InChI is InChI=1S/C46H65N12O13P/c1-29(2)21-35(53-45(65)38-14-11-19-58(38)31(4)60)42(62)52-36(43(63)54-37(26-59)44(64)55-40(41(47)61)30(3)71-72(66,67)68)22-34-24-48-28-57(34)17-9-5-6-10-20-70-50-23-32-13-7-8-15-39(32)69-27-33-25-56-18-12-16-49-46(56)51-33/h7-8,12-13,15-16,18,23-25,28-30,35-38,40,59H,5-6,9-11,14,17,19-22,26-27H2,1-4H3,(H2,47,61)(H,52,62)(H,53,65)(H,54,63)(H,55,64)(H2,66,67,68)/b50-23+/t30-,35+,36+,37+,38+,40+/m1/s1. The van der Waals surface area contributed by atoms with Crippen LogP contribution in [0, 0.1) is 5.92 Å². The molecule has 1 saturated heterocycles. The fourth-order valence-corrected chi connectivity index (χ4v) is 8.54. The summed E-state index contributed by atoms with van der Waals surface area (Å²) in [6.45, 7) is 6.57. The summed E-state index contributed by atoms with van der Waals surface area (Å²) in [5.41, 5.74) is 7.34. The molecule has 9 N–H and O–H groups in total. The van der Waals surface area contributed by atoms with Crippen molar-refractivity contribution in [1.82, 2.24) is 50.1 Å². The molecule has 4 aromatic rings. The minimum Gasteiger partial charge on any atom is -0.487 e. The second-order valence-corrected chi connectivity index (χ2v) is 18.9. The van der Waals surface area contributed by atoms with Crippen LogP contribution >= 0.6 is 7.82 Å². The number of hydrogen-bond acceptors (Lipinski definition) is 15. The summed E-state index contributed by atoms with van der Waals surface area (Å²) in [4.78, 5) is 118. The molecule has 0 saturated carbocycles. The van der Waals surface area contributed by atoms with Gasteiger partial charge in [-0.15, -0.1) is 0 Å². The Hall–Kier alpha value is -6.79. The molecule has 6 atom stereocenters. The van der Waals surface area contributed by atoms with Gasteiger partial charge >= 0.3 is 7.82 Å². The summed E-state index contributed by atoms with van der Waals surface area (Å²) in [5.74, 6) is -3.81. The third-order valence-corrected chi connectivity index (χ3v) is 12.2. The van der Waals surface area contributed by atoms with Crippen LogP contribution in [0.25, 0.3) is 5.78 Å². The average molecular weight is 1030 g/mol. The number of benzene rings is 1. The highest BCUT2D eigenvalue weighted by Crippen LogP contribution is 2.38. The van der Waals surface area contributed by atoms with Gasteiger partial charge in [0.1, 0.15) is 49.2 Å². The number of likely N-dealkylation sites (tertiary alicyclic amines) is 1. The molecule has 3 aromatic heterocycles. The van der Waals surface area contributed by atoms with Gasteiger partial charge in [-0.1, -0.05) is 37.6 Å². The molecule has 5 rings (SSSR count). The molecule has 26 heteroatoms. The number of phosphoric ester groups is 1. The molecule has 0 aliphatic carbocycles. The maximum Gasteiger partial charge on any atom is 0.469 e. The Kier molecular flexibility index (Phi) is 21.2. The zero-order valence-corrected chi connectivity index (χ0v) is 41.6. The van der Waals surface area contributed by atoms with Gasteiger partial charge in [0.25, 0.3) is 0 Å². The van der Waals surface area contributed by atoms with Crippen molar-refractivity contribution in [3.8, 4) is 5.75 Å². The number of carbonyl (C=O) groups excluding carboxylic acids is 6. The first-order valence-corrected chi connectivity index (χ1v) is 25.1. The second kappa shape index (κ2) is 27.1. The van der Waals surface area contributed by atoms with Crippen LogP contribution in [0.1, 0.15) is 89.6 Å². The number of oxime groups is 1. The average Bonchev–Trinajstić information content (AvgIpc) is 4.10. The summed E-state index contributed by atoms with van der Waals surface area (Å²) in [6.07, 6.45) is 12.4. The van der Waals surface area contributed by atoms with Crippen molar-refractivity contribution in [3.63, 3.8) is 0 Å². The number of amides is 6. The number of nitrogens with two attached hydrogens (primary N) is 1. The monoisotopic (exact) mass is 1020 g/mol. The predicted molar refractivity (Wildman–Crippen MR) is 258 cm³/mol. The third kappa shape index (κ3) is 17.2. The first-order chi connectivity index (χ1) is 34.3. The number of aromatic nitrogens is 5. The molecule has 1 aliphatic rings. The third-order valence-electron chi connectivity index (χ3n) is 11.6. The Morgan fingerprint density at radius 3 is 2.39 bits per heavy atom. The SMILES string of the molecule is CC(=O)N1CCC[C@H]1C(=O)N[C@@H](CC(C)C)C(=O)N[C@@H](Cc1cncn1CCCCCCO/N=C/c1ccccc1OCc1cn2cccnc2n1)C(=O)N[C@@H](CO)C(=O)N[C@H](C(N)=O)[C@@H](C)OP(=O)(O)O. The number of aliphatic hydroxyl groups excluding tert-OH is 1. The van der Waals surface area contributed by atoms with E-state index in [0.29, 0.717) is 62.6 Å². The first-order valence-electron chi connectivity index (χ1n) is 23.6. The lowest BCUT2D eigenvalue weighted by molar-refractivity contribution is -0.139. The molecule has 1 fully saturated rings. The molecule has 0 unspecified atom stereocenters. The fourth-order valence-electron chi connectivity index (χ4n) is 7.98. The first kappa shape index (κ1) is 56.1. The highest BCUT2D eigenvalue weighted by atomic mass is 31.2. The summed E-state index contributed by atoms with van der Waals surface area (Å²) in [7, 11) is -5.13. The molecule has 0 bridgehead atoms. The number of rotatable bonds is 29. The molecule has 4 heterocycles. The van der Waals surface area contributed by atoms with Gasteiger partial charge in [-0.3, -0.25) is 37.7 Å². The molecule has 1 aliphatic heterocycles. The zero-order valence-electron chi connectivity index (χ0n) is 40.7. The fraction of sp³-hybridized carbons (Fsp3) is 0.522. The van der Waals surface area contributed by atoms with E-state index in [1.165, 1.54) is 18.0 Å². The molecule has 0 spiro atoms. The number of unbranched alkanes of at least 4 members (excludes halogenated alkanes) is 3. The summed E-state index contributed by atoms with van der Waals surface area (Å²) in [6, 6.07) is 2.33. The van der Waals surface area contributed by atoms with E-state index in [1.54, 1.807) is 23.3 Å². The maximum absolute atomic E-state index is 14.1. The van der Waals surface area contributed by atoms with Gasteiger partial charge in [-0.2, -0.15) is 0 Å². The highest BCUT2D eigenvalue weighted by Gasteiger charge is 2.37. The van der Waals surface area contributed by atoms with Crippen molar-refractivity contribution in [2.45, 2.75) is 129 Å². The number of carbonyl (C=O) groups is 6. The Morgan fingerprint density at radius 2 is 1.68 bits per heavy atom. The van der Waals surface area contributed by atoms with Crippen molar-refractivity contribution < 1.29 is 62.3 Å². The number of primary amides is 1. The van der Waals surface area contributed by atoms with Crippen LogP contribution in [-0.2, 0) is 62.3 Å². The van der Waals surface area contributed by atoms with Gasteiger partial charge in [-0.05, 0) is 69.6 Å². The Morgan fingerprint density at radius 1 is 0.958 bits per heavy atom. The number of nitrogens with zero attached hydrogens (tertiary/aromatic N) is 7. The number of para-hydroxylation sites is 1. The molecule has 6 amide bonds.